The third-order valence-electron chi connectivity index (χ3n) is 1.25. The minimum atomic E-state index is -2.56. The van der Waals surface area contributed by atoms with Gasteiger partial charge in [-0.25, -0.2) is 8.99 Å². The van der Waals surface area contributed by atoms with Gasteiger partial charge in [-0.1, -0.05) is 22.0 Å². The Bertz CT molecular complexity index is 358. The Morgan fingerprint density at radius 2 is 2.18 bits per heavy atom. The van der Waals surface area contributed by atoms with Crippen molar-refractivity contribution in [2.75, 3.05) is 6.26 Å². The second-order valence-electron chi connectivity index (χ2n) is 2.30. The molecular formula is C7H8BrNOS. The first kappa shape index (κ1) is 8.74. The van der Waals surface area contributed by atoms with Gasteiger partial charge in [-0.3, -0.25) is 0 Å². The highest BCUT2D eigenvalue weighted by molar-refractivity contribution is 9.10. The first-order valence-electron chi connectivity index (χ1n) is 2.99. The van der Waals surface area contributed by atoms with E-state index in [-0.39, 0.29) is 0 Å². The van der Waals surface area contributed by atoms with Gasteiger partial charge in [0.15, 0.2) is 0 Å². The lowest BCUT2D eigenvalue weighted by molar-refractivity contribution is 0.679. The molecule has 0 spiro atoms. The third-order valence-corrected chi connectivity index (χ3v) is 2.89. The van der Waals surface area contributed by atoms with Crippen LogP contribution >= 0.6 is 15.9 Å². The van der Waals surface area contributed by atoms with Gasteiger partial charge in [0.1, 0.15) is 0 Å². The molecule has 1 rings (SSSR count). The molecule has 1 N–H and O–H groups in total. The highest BCUT2D eigenvalue weighted by Crippen LogP contribution is 2.15. The molecule has 11 heavy (non-hydrogen) atoms. The van der Waals surface area contributed by atoms with E-state index in [4.69, 9.17) is 4.78 Å². The van der Waals surface area contributed by atoms with Gasteiger partial charge >= 0.3 is 0 Å². The Balaban J connectivity index is 3.28. The van der Waals surface area contributed by atoms with Crippen LogP contribution in [-0.2, 0) is 9.73 Å². The summed E-state index contributed by atoms with van der Waals surface area (Å²) in [6.07, 6.45) is 1.41. The van der Waals surface area contributed by atoms with E-state index in [9.17, 15) is 4.21 Å². The average Bonchev–Trinajstić information content (AvgIpc) is 1.86. The molecule has 60 valence electrons. The molecule has 1 aromatic carbocycles. The van der Waals surface area contributed by atoms with Crippen molar-refractivity contribution in [3.05, 3.63) is 28.7 Å². The van der Waals surface area contributed by atoms with Gasteiger partial charge < -0.3 is 0 Å². The molecule has 0 amide bonds. The van der Waals surface area contributed by atoms with E-state index in [0.29, 0.717) is 4.90 Å². The fraction of sp³-hybridized carbons (Fsp3) is 0.143. The van der Waals surface area contributed by atoms with Crippen LogP contribution in [0, 0.1) is 4.78 Å². The molecular weight excluding hydrogens is 226 g/mol. The van der Waals surface area contributed by atoms with Crippen LogP contribution in [0.3, 0.4) is 0 Å². The summed E-state index contributed by atoms with van der Waals surface area (Å²) in [6.45, 7) is 0. The fourth-order valence-corrected chi connectivity index (χ4v) is 1.95. The van der Waals surface area contributed by atoms with E-state index in [1.54, 1.807) is 18.2 Å². The van der Waals surface area contributed by atoms with Crippen molar-refractivity contribution < 1.29 is 4.21 Å². The molecule has 0 aliphatic rings. The lowest BCUT2D eigenvalue weighted by Crippen LogP contribution is -1.93. The summed E-state index contributed by atoms with van der Waals surface area (Å²) in [4.78, 5) is 0.562. The van der Waals surface area contributed by atoms with Gasteiger partial charge in [-0.05, 0) is 18.2 Å². The molecule has 1 atom stereocenters. The summed E-state index contributed by atoms with van der Waals surface area (Å²) in [5, 5.41) is 0. The lowest BCUT2D eigenvalue weighted by atomic mass is 10.4. The van der Waals surface area contributed by atoms with Crippen molar-refractivity contribution in [2.45, 2.75) is 4.90 Å². The second-order valence-corrected chi connectivity index (χ2v) is 5.38. The first-order valence-corrected chi connectivity index (χ1v) is 5.75. The zero-order valence-corrected chi connectivity index (χ0v) is 8.41. The molecule has 0 bridgehead atoms. The molecule has 0 unspecified atom stereocenters. The van der Waals surface area contributed by atoms with Crippen LogP contribution < -0.4 is 0 Å². The molecule has 0 saturated carbocycles. The standard InChI is InChI=1S/C7H8BrNOS/c1-11(9,10)7-4-2-3-6(8)5-7/h2-5,9H,1H3/t11-/m0/s1. The van der Waals surface area contributed by atoms with Crippen LogP contribution in [0.1, 0.15) is 0 Å². The zero-order chi connectivity index (χ0) is 8.48. The summed E-state index contributed by atoms with van der Waals surface area (Å²) >= 11 is 3.25. The highest BCUT2D eigenvalue weighted by atomic mass is 79.9. The second kappa shape index (κ2) is 2.95. The summed E-state index contributed by atoms with van der Waals surface area (Å²) in [5.74, 6) is 0. The number of hydrogen-bond donors (Lipinski definition) is 1. The Labute approximate surface area is 74.7 Å². The van der Waals surface area contributed by atoms with Crippen LogP contribution in [0.25, 0.3) is 0 Å². The van der Waals surface area contributed by atoms with E-state index in [0.717, 1.165) is 4.47 Å². The Kier molecular flexibility index (Phi) is 2.34. The first-order chi connectivity index (χ1) is 5.00. The maximum absolute atomic E-state index is 11.2. The Morgan fingerprint density at radius 3 is 2.55 bits per heavy atom. The smallest absolute Gasteiger partial charge is 0.0697 e. The quantitative estimate of drug-likeness (QED) is 0.796. The summed E-state index contributed by atoms with van der Waals surface area (Å²) in [5.41, 5.74) is 0. The summed E-state index contributed by atoms with van der Waals surface area (Å²) < 4.78 is 19.3. The molecule has 4 heteroatoms. The van der Waals surface area contributed by atoms with Crippen molar-refractivity contribution in [1.29, 1.82) is 4.78 Å². The monoisotopic (exact) mass is 233 g/mol. The normalized spacial score (nSPS) is 15.8. The predicted molar refractivity (Wildman–Crippen MR) is 49.2 cm³/mol. The van der Waals surface area contributed by atoms with Gasteiger partial charge in [0.25, 0.3) is 0 Å². The van der Waals surface area contributed by atoms with Gasteiger partial charge in [0.05, 0.1) is 9.73 Å². The molecule has 0 aliphatic heterocycles. The predicted octanol–water partition coefficient (Wildman–Crippen LogP) is 2.48. The van der Waals surface area contributed by atoms with Crippen molar-refractivity contribution >= 4 is 25.7 Å². The topological polar surface area (TPSA) is 40.9 Å². The Hall–Kier alpha value is -0.350. The molecule has 0 fully saturated rings. The van der Waals surface area contributed by atoms with Gasteiger partial charge in [-0.2, -0.15) is 0 Å². The van der Waals surface area contributed by atoms with Crippen LogP contribution in [0.15, 0.2) is 33.6 Å². The number of halogens is 1. The summed E-state index contributed by atoms with van der Waals surface area (Å²) in [7, 11) is -2.56. The Morgan fingerprint density at radius 1 is 1.55 bits per heavy atom. The van der Waals surface area contributed by atoms with Crippen molar-refractivity contribution in [2.24, 2.45) is 0 Å². The van der Waals surface area contributed by atoms with E-state index in [1.807, 2.05) is 6.07 Å². The molecule has 0 saturated heterocycles. The van der Waals surface area contributed by atoms with Crippen LogP contribution in [0.4, 0.5) is 0 Å². The molecule has 1 aromatic rings. The van der Waals surface area contributed by atoms with Crippen LogP contribution in [-0.4, -0.2) is 10.5 Å². The summed E-state index contributed by atoms with van der Waals surface area (Å²) in [6, 6.07) is 7.02. The average molecular weight is 234 g/mol. The van der Waals surface area contributed by atoms with E-state index < -0.39 is 9.73 Å². The van der Waals surface area contributed by atoms with E-state index >= 15 is 0 Å². The highest BCUT2D eigenvalue weighted by Gasteiger charge is 2.01. The van der Waals surface area contributed by atoms with E-state index in [1.165, 1.54) is 6.26 Å². The molecule has 2 nitrogen and oxygen atoms in total. The number of rotatable bonds is 1. The van der Waals surface area contributed by atoms with E-state index in [2.05, 4.69) is 15.9 Å². The van der Waals surface area contributed by atoms with Crippen LogP contribution in [0.5, 0.6) is 0 Å². The van der Waals surface area contributed by atoms with Crippen molar-refractivity contribution in [3.63, 3.8) is 0 Å². The lowest BCUT2D eigenvalue weighted by Gasteiger charge is -1.99. The molecule has 0 radical (unpaired) electrons. The molecule has 0 aromatic heterocycles. The van der Waals surface area contributed by atoms with Crippen LogP contribution in [0.2, 0.25) is 0 Å². The minimum absolute atomic E-state index is 0.562. The minimum Gasteiger partial charge on any atom is -0.249 e. The number of benzene rings is 1. The largest absolute Gasteiger partial charge is 0.249 e. The maximum atomic E-state index is 11.2. The third kappa shape index (κ3) is 2.31. The SMILES string of the molecule is C[S@](=N)(=O)c1cccc(Br)c1. The number of hydrogen-bond acceptors (Lipinski definition) is 2. The van der Waals surface area contributed by atoms with Crippen molar-refractivity contribution in [3.8, 4) is 0 Å². The molecule has 0 aliphatic carbocycles. The fourth-order valence-electron chi connectivity index (χ4n) is 0.709. The van der Waals surface area contributed by atoms with Crippen molar-refractivity contribution in [1.82, 2.24) is 0 Å². The molecule has 0 heterocycles. The zero-order valence-electron chi connectivity index (χ0n) is 6.00. The van der Waals surface area contributed by atoms with Gasteiger partial charge in [-0.15, -0.1) is 0 Å². The van der Waals surface area contributed by atoms with Gasteiger partial charge in [0.2, 0.25) is 0 Å². The number of nitrogens with one attached hydrogen (secondary N) is 1. The maximum Gasteiger partial charge on any atom is 0.0697 e. The van der Waals surface area contributed by atoms with Gasteiger partial charge in [0, 0.05) is 15.6 Å².